The zero-order chi connectivity index (χ0) is 12.5. The SMILES string of the molecule is CC(C)(C)OC(=O)NC1CC1c1ccccc1. The molecule has 1 aliphatic rings. The highest BCUT2D eigenvalue weighted by Gasteiger charge is 2.40. The Morgan fingerprint density at radius 3 is 2.53 bits per heavy atom. The van der Waals surface area contributed by atoms with E-state index in [-0.39, 0.29) is 12.1 Å². The zero-order valence-corrected chi connectivity index (χ0v) is 10.6. The molecule has 17 heavy (non-hydrogen) atoms. The maximum Gasteiger partial charge on any atom is 0.407 e. The summed E-state index contributed by atoms with van der Waals surface area (Å²) >= 11 is 0. The van der Waals surface area contributed by atoms with Gasteiger partial charge in [-0.05, 0) is 32.8 Å². The Bertz CT molecular complexity index is 394. The van der Waals surface area contributed by atoms with Gasteiger partial charge in [-0.25, -0.2) is 4.79 Å². The van der Waals surface area contributed by atoms with Crippen LogP contribution in [0.5, 0.6) is 0 Å². The van der Waals surface area contributed by atoms with Gasteiger partial charge >= 0.3 is 6.09 Å². The Balaban J connectivity index is 1.83. The summed E-state index contributed by atoms with van der Waals surface area (Å²) in [6, 6.07) is 10.5. The third kappa shape index (κ3) is 3.48. The lowest BCUT2D eigenvalue weighted by atomic mass is 10.1. The van der Waals surface area contributed by atoms with Crippen LogP contribution in [-0.2, 0) is 4.74 Å². The van der Waals surface area contributed by atoms with Crippen LogP contribution in [0.3, 0.4) is 0 Å². The second kappa shape index (κ2) is 4.40. The van der Waals surface area contributed by atoms with Crippen molar-refractivity contribution in [2.45, 2.75) is 44.8 Å². The Morgan fingerprint density at radius 2 is 1.94 bits per heavy atom. The lowest BCUT2D eigenvalue weighted by Gasteiger charge is -2.19. The molecule has 2 atom stereocenters. The number of hydrogen-bond donors (Lipinski definition) is 1. The van der Waals surface area contributed by atoms with E-state index in [1.165, 1.54) is 5.56 Å². The Morgan fingerprint density at radius 1 is 1.29 bits per heavy atom. The average molecular weight is 233 g/mol. The van der Waals surface area contributed by atoms with E-state index >= 15 is 0 Å². The van der Waals surface area contributed by atoms with Crippen molar-refractivity contribution < 1.29 is 9.53 Å². The first-order valence-corrected chi connectivity index (χ1v) is 6.00. The van der Waals surface area contributed by atoms with Crippen LogP contribution in [-0.4, -0.2) is 17.7 Å². The molecule has 0 bridgehead atoms. The average Bonchev–Trinajstić information content (AvgIpc) is 2.95. The van der Waals surface area contributed by atoms with E-state index in [1.54, 1.807) is 0 Å². The number of carbonyl (C=O) groups excluding carboxylic acids is 1. The molecule has 0 heterocycles. The number of rotatable bonds is 2. The molecule has 1 aromatic rings. The molecule has 0 saturated heterocycles. The molecule has 1 amide bonds. The van der Waals surface area contributed by atoms with Gasteiger partial charge in [0.1, 0.15) is 5.60 Å². The van der Waals surface area contributed by atoms with Gasteiger partial charge in [0.2, 0.25) is 0 Å². The highest BCUT2D eigenvalue weighted by molar-refractivity contribution is 5.69. The Hall–Kier alpha value is -1.51. The molecule has 0 aromatic heterocycles. The second-order valence-electron chi connectivity index (χ2n) is 5.51. The van der Waals surface area contributed by atoms with Crippen molar-refractivity contribution in [3.05, 3.63) is 35.9 Å². The maximum atomic E-state index is 11.6. The summed E-state index contributed by atoms with van der Waals surface area (Å²) in [5.74, 6) is 0.448. The normalized spacial score (nSPS) is 23.0. The quantitative estimate of drug-likeness (QED) is 0.852. The standard InChI is InChI=1S/C14H19NO2/c1-14(2,3)17-13(16)15-12-9-11(12)10-7-5-4-6-8-10/h4-8,11-12H,9H2,1-3H3,(H,15,16). The number of nitrogens with one attached hydrogen (secondary N) is 1. The minimum Gasteiger partial charge on any atom is -0.444 e. The number of hydrogen-bond acceptors (Lipinski definition) is 2. The molecule has 2 unspecified atom stereocenters. The van der Waals surface area contributed by atoms with E-state index in [1.807, 2.05) is 39.0 Å². The fraction of sp³-hybridized carbons (Fsp3) is 0.500. The summed E-state index contributed by atoms with van der Waals surface area (Å²) in [5, 5.41) is 2.90. The van der Waals surface area contributed by atoms with Gasteiger partial charge in [0, 0.05) is 12.0 Å². The van der Waals surface area contributed by atoms with Crippen LogP contribution < -0.4 is 5.32 Å². The number of carbonyl (C=O) groups is 1. The zero-order valence-electron chi connectivity index (χ0n) is 10.6. The van der Waals surface area contributed by atoms with Crippen LogP contribution in [0.2, 0.25) is 0 Å². The fourth-order valence-electron chi connectivity index (χ4n) is 1.88. The molecule has 1 aliphatic carbocycles. The van der Waals surface area contributed by atoms with Crippen LogP contribution >= 0.6 is 0 Å². The van der Waals surface area contributed by atoms with Crippen molar-refractivity contribution in [3.63, 3.8) is 0 Å². The monoisotopic (exact) mass is 233 g/mol. The molecule has 1 fully saturated rings. The van der Waals surface area contributed by atoms with E-state index in [0.29, 0.717) is 5.92 Å². The molecule has 3 nitrogen and oxygen atoms in total. The summed E-state index contributed by atoms with van der Waals surface area (Å²) in [5.41, 5.74) is 0.856. The van der Waals surface area contributed by atoms with Gasteiger partial charge < -0.3 is 10.1 Å². The molecule has 3 heteroatoms. The highest BCUT2D eigenvalue weighted by atomic mass is 16.6. The Kier molecular flexibility index (Phi) is 3.09. The summed E-state index contributed by atoms with van der Waals surface area (Å²) in [6.07, 6.45) is 0.685. The molecule has 1 aromatic carbocycles. The van der Waals surface area contributed by atoms with Crippen molar-refractivity contribution in [1.29, 1.82) is 0 Å². The van der Waals surface area contributed by atoms with Gasteiger partial charge in [0.25, 0.3) is 0 Å². The van der Waals surface area contributed by atoms with Gasteiger partial charge in [0.05, 0.1) is 0 Å². The topological polar surface area (TPSA) is 38.3 Å². The first kappa shape index (κ1) is 12.0. The third-order valence-corrected chi connectivity index (χ3v) is 2.72. The number of amides is 1. The van der Waals surface area contributed by atoms with E-state index in [4.69, 9.17) is 4.74 Å². The molecular formula is C14H19NO2. The summed E-state index contributed by atoms with van der Waals surface area (Å²) in [6.45, 7) is 5.61. The highest BCUT2D eigenvalue weighted by Crippen LogP contribution is 2.40. The van der Waals surface area contributed by atoms with Gasteiger partial charge in [-0.1, -0.05) is 30.3 Å². The van der Waals surface area contributed by atoms with Crippen molar-refractivity contribution in [1.82, 2.24) is 5.32 Å². The van der Waals surface area contributed by atoms with E-state index in [2.05, 4.69) is 17.4 Å². The minimum atomic E-state index is -0.429. The van der Waals surface area contributed by atoms with Gasteiger partial charge in [-0.15, -0.1) is 0 Å². The predicted molar refractivity (Wildman–Crippen MR) is 67.0 cm³/mol. The van der Waals surface area contributed by atoms with Crippen molar-refractivity contribution in [2.75, 3.05) is 0 Å². The summed E-state index contributed by atoms with van der Waals surface area (Å²) in [4.78, 5) is 11.6. The smallest absolute Gasteiger partial charge is 0.407 e. The molecule has 2 rings (SSSR count). The van der Waals surface area contributed by atoms with Gasteiger partial charge in [-0.3, -0.25) is 0 Å². The van der Waals surface area contributed by atoms with Crippen LogP contribution in [0.1, 0.15) is 38.7 Å². The number of ether oxygens (including phenoxy) is 1. The molecule has 1 saturated carbocycles. The summed E-state index contributed by atoms with van der Waals surface area (Å²) in [7, 11) is 0. The third-order valence-electron chi connectivity index (χ3n) is 2.72. The van der Waals surface area contributed by atoms with Gasteiger partial charge in [0.15, 0.2) is 0 Å². The van der Waals surface area contributed by atoms with Crippen molar-refractivity contribution >= 4 is 6.09 Å². The van der Waals surface area contributed by atoms with Crippen molar-refractivity contribution in [2.24, 2.45) is 0 Å². The second-order valence-corrected chi connectivity index (χ2v) is 5.51. The molecule has 0 radical (unpaired) electrons. The van der Waals surface area contributed by atoms with Crippen LogP contribution in [0.15, 0.2) is 30.3 Å². The molecule has 0 aliphatic heterocycles. The molecule has 1 N–H and O–H groups in total. The number of benzene rings is 1. The first-order chi connectivity index (χ1) is 7.96. The van der Waals surface area contributed by atoms with Crippen LogP contribution in [0.25, 0.3) is 0 Å². The van der Waals surface area contributed by atoms with Crippen LogP contribution in [0.4, 0.5) is 4.79 Å². The number of alkyl carbamates (subject to hydrolysis) is 1. The summed E-state index contributed by atoms with van der Waals surface area (Å²) < 4.78 is 5.22. The minimum absolute atomic E-state index is 0.229. The molecule has 92 valence electrons. The van der Waals surface area contributed by atoms with E-state index in [9.17, 15) is 4.79 Å². The van der Waals surface area contributed by atoms with E-state index < -0.39 is 5.60 Å². The molecular weight excluding hydrogens is 214 g/mol. The maximum absolute atomic E-state index is 11.6. The van der Waals surface area contributed by atoms with E-state index in [0.717, 1.165) is 6.42 Å². The lowest BCUT2D eigenvalue weighted by Crippen LogP contribution is -2.34. The van der Waals surface area contributed by atoms with Crippen LogP contribution in [0, 0.1) is 0 Å². The molecule has 0 spiro atoms. The van der Waals surface area contributed by atoms with Crippen molar-refractivity contribution in [3.8, 4) is 0 Å². The Labute approximate surface area is 102 Å². The fourth-order valence-corrected chi connectivity index (χ4v) is 1.88. The predicted octanol–water partition coefficient (Wildman–Crippen LogP) is 3.07. The van der Waals surface area contributed by atoms with Gasteiger partial charge in [-0.2, -0.15) is 0 Å². The first-order valence-electron chi connectivity index (χ1n) is 6.00. The largest absolute Gasteiger partial charge is 0.444 e. The lowest BCUT2D eigenvalue weighted by molar-refractivity contribution is 0.0523.